The Morgan fingerprint density at radius 1 is 1.24 bits per heavy atom. The summed E-state index contributed by atoms with van der Waals surface area (Å²) in [7, 11) is 0. The van der Waals surface area contributed by atoms with Crippen LogP contribution in [0.4, 0.5) is 0 Å². The SMILES string of the molecule is CCCC(C)C1(C(N)(CC)CC)C=CC=CC1. The summed E-state index contributed by atoms with van der Waals surface area (Å²) in [6.07, 6.45) is 14.7. The minimum atomic E-state index is -0.0666. The Kier molecular flexibility index (Phi) is 5.00. The number of rotatable bonds is 6. The maximum absolute atomic E-state index is 6.75. The monoisotopic (exact) mass is 235 g/mol. The van der Waals surface area contributed by atoms with Gasteiger partial charge in [-0.3, -0.25) is 0 Å². The molecule has 17 heavy (non-hydrogen) atoms. The smallest absolute Gasteiger partial charge is 0.0246 e. The van der Waals surface area contributed by atoms with Gasteiger partial charge in [0.15, 0.2) is 0 Å². The lowest BCUT2D eigenvalue weighted by Gasteiger charge is -2.51. The van der Waals surface area contributed by atoms with Crippen LogP contribution in [0.5, 0.6) is 0 Å². The molecule has 1 nitrogen and oxygen atoms in total. The Bertz CT molecular complexity index is 286. The molecular weight excluding hydrogens is 206 g/mol. The van der Waals surface area contributed by atoms with Crippen molar-refractivity contribution in [2.24, 2.45) is 17.1 Å². The number of hydrogen-bond acceptors (Lipinski definition) is 1. The summed E-state index contributed by atoms with van der Waals surface area (Å²) in [6, 6.07) is 0. The molecule has 1 aliphatic carbocycles. The van der Waals surface area contributed by atoms with E-state index >= 15 is 0 Å². The zero-order chi connectivity index (χ0) is 12.9. The molecule has 0 aromatic rings. The zero-order valence-corrected chi connectivity index (χ0v) is 12.0. The van der Waals surface area contributed by atoms with E-state index in [-0.39, 0.29) is 11.0 Å². The Hall–Kier alpha value is -0.560. The maximum atomic E-state index is 6.75. The van der Waals surface area contributed by atoms with Crippen molar-refractivity contribution >= 4 is 0 Å². The molecule has 2 unspecified atom stereocenters. The Labute approximate surface area is 107 Å². The second kappa shape index (κ2) is 5.86. The van der Waals surface area contributed by atoms with Crippen LogP contribution in [-0.2, 0) is 0 Å². The highest BCUT2D eigenvalue weighted by molar-refractivity contribution is 5.24. The largest absolute Gasteiger partial charge is 0.324 e. The van der Waals surface area contributed by atoms with Crippen molar-refractivity contribution in [2.45, 2.75) is 65.3 Å². The molecule has 0 spiro atoms. The van der Waals surface area contributed by atoms with Crippen LogP contribution in [0.15, 0.2) is 24.3 Å². The van der Waals surface area contributed by atoms with Crippen LogP contribution >= 0.6 is 0 Å². The Morgan fingerprint density at radius 2 is 1.88 bits per heavy atom. The minimum Gasteiger partial charge on any atom is -0.324 e. The molecular formula is C16H29N. The third-order valence-electron chi connectivity index (χ3n) is 4.89. The first-order valence-corrected chi connectivity index (χ1v) is 7.19. The second-order valence-electron chi connectivity index (χ2n) is 5.58. The van der Waals surface area contributed by atoms with Gasteiger partial charge in [-0.2, -0.15) is 0 Å². The van der Waals surface area contributed by atoms with Gasteiger partial charge < -0.3 is 5.73 Å². The van der Waals surface area contributed by atoms with Gasteiger partial charge in [-0.05, 0) is 25.2 Å². The molecule has 2 N–H and O–H groups in total. The molecule has 0 radical (unpaired) electrons. The van der Waals surface area contributed by atoms with Crippen molar-refractivity contribution in [3.05, 3.63) is 24.3 Å². The molecule has 0 amide bonds. The highest BCUT2D eigenvalue weighted by Crippen LogP contribution is 2.48. The first-order chi connectivity index (χ1) is 8.06. The van der Waals surface area contributed by atoms with E-state index in [1.165, 1.54) is 12.8 Å². The van der Waals surface area contributed by atoms with Crippen LogP contribution in [0.2, 0.25) is 0 Å². The van der Waals surface area contributed by atoms with E-state index in [0.29, 0.717) is 5.92 Å². The van der Waals surface area contributed by atoms with Gasteiger partial charge in [-0.25, -0.2) is 0 Å². The molecule has 1 aliphatic rings. The van der Waals surface area contributed by atoms with Crippen LogP contribution < -0.4 is 5.73 Å². The molecule has 0 aromatic carbocycles. The Morgan fingerprint density at radius 3 is 2.29 bits per heavy atom. The van der Waals surface area contributed by atoms with Crippen molar-refractivity contribution in [3.63, 3.8) is 0 Å². The zero-order valence-electron chi connectivity index (χ0n) is 12.0. The van der Waals surface area contributed by atoms with Crippen LogP contribution in [0.3, 0.4) is 0 Å². The molecule has 1 heteroatoms. The minimum absolute atomic E-state index is 0.0666. The molecule has 0 aliphatic heterocycles. The molecule has 98 valence electrons. The van der Waals surface area contributed by atoms with Gasteiger partial charge in [-0.1, -0.05) is 64.8 Å². The lowest BCUT2D eigenvalue weighted by atomic mass is 9.57. The van der Waals surface area contributed by atoms with Crippen LogP contribution in [0.25, 0.3) is 0 Å². The fourth-order valence-corrected chi connectivity index (χ4v) is 3.46. The van der Waals surface area contributed by atoms with E-state index < -0.39 is 0 Å². The Balaban J connectivity index is 3.10. The normalized spacial score (nSPS) is 26.2. The van der Waals surface area contributed by atoms with Gasteiger partial charge in [0.1, 0.15) is 0 Å². The first kappa shape index (κ1) is 14.5. The van der Waals surface area contributed by atoms with Gasteiger partial charge in [0, 0.05) is 11.0 Å². The molecule has 0 saturated heterocycles. The average molecular weight is 235 g/mol. The summed E-state index contributed by atoms with van der Waals surface area (Å²) < 4.78 is 0. The highest BCUT2D eigenvalue weighted by atomic mass is 14.8. The molecule has 0 aromatic heterocycles. The third kappa shape index (κ3) is 2.49. The fraction of sp³-hybridized carbons (Fsp3) is 0.750. The van der Waals surface area contributed by atoms with Crippen molar-refractivity contribution in [2.75, 3.05) is 0 Å². The summed E-state index contributed by atoms with van der Waals surface area (Å²) in [5.74, 6) is 0.651. The van der Waals surface area contributed by atoms with Gasteiger partial charge in [0.05, 0.1) is 0 Å². The van der Waals surface area contributed by atoms with Gasteiger partial charge in [0.25, 0.3) is 0 Å². The van der Waals surface area contributed by atoms with Crippen molar-refractivity contribution < 1.29 is 0 Å². The number of allylic oxidation sites excluding steroid dienone is 3. The summed E-state index contributed by atoms with van der Waals surface area (Å²) >= 11 is 0. The van der Waals surface area contributed by atoms with Crippen molar-refractivity contribution in [3.8, 4) is 0 Å². The van der Waals surface area contributed by atoms with E-state index in [2.05, 4.69) is 52.0 Å². The van der Waals surface area contributed by atoms with E-state index in [4.69, 9.17) is 5.73 Å². The number of hydrogen-bond donors (Lipinski definition) is 1. The molecule has 0 saturated carbocycles. The molecule has 2 atom stereocenters. The number of nitrogens with two attached hydrogens (primary N) is 1. The lowest BCUT2D eigenvalue weighted by molar-refractivity contribution is 0.0911. The molecule has 1 rings (SSSR count). The van der Waals surface area contributed by atoms with E-state index in [1.54, 1.807) is 0 Å². The first-order valence-electron chi connectivity index (χ1n) is 7.19. The predicted molar refractivity (Wildman–Crippen MR) is 76.9 cm³/mol. The topological polar surface area (TPSA) is 26.0 Å². The third-order valence-corrected chi connectivity index (χ3v) is 4.89. The van der Waals surface area contributed by atoms with Crippen molar-refractivity contribution in [1.82, 2.24) is 0 Å². The van der Waals surface area contributed by atoms with Crippen LogP contribution in [0, 0.1) is 11.3 Å². The molecule has 0 heterocycles. The van der Waals surface area contributed by atoms with Crippen LogP contribution in [0.1, 0.15) is 59.8 Å². The lowest BCUT2D eigenvalue weighted by Crippen LogP contribution is -2.57. The molecule has 0 fully saturated rings. The standard InChI is InChI=1S/C16H29N/c1-5-11-14(4)15(12-9-8-10-13-15)16(17,6-2)7-3/h8-10,12,14H,5-7,11,13,17H2,1-4H3. The van der Waals surface area contributed by atoms with Crippen LogP contribution in [-0.4, -0.2) is 5.54 Å². The van der Waals surface area contributed by atoms with E-state index in [1.807, 2.05) is 0 Å². The highest BCUT2D eigenvalue weighted by Gasteiger charge is 2.47. The quantitative estimate of drug-likeness (QED) is 0.723. The summed E-state index contributed by atoms with van der Waals surface area (Å²) in [5.41, 5.74) is 6.84. The summed E-state index contributed by atoms with van der Waals surface area (Å²) in [5, 5.41) is 0. The fourth-order valence-electron chi connectivity index (χ4n) is 3.46. The van der Waals surface area contributed by atoms with Gasteiger partial charge in [-0.15, -0.1) is 0 Å². The van der Waals surface area contributed by atoms with E-state index in [9.17, 15) is 0 Å². The maximum Gasteiger partial charge on any atom is 0.0246 e. The van der Waals surface area contributed by atoms with Crippen molar-refractivity contribution in [1.29, 1.82) is 0 Å². The van der Waals surface area contributed by atoms with E-state index in [0.717, 1.165) is 19.3 Å². The predicted octanol–water partition coefficient (Wildman–Crippen LogP) is 4.44. The summed E-state index contributed by atoms with van der Waals surface area (Å²) in [6.45, 7) is 9.11. The second-order valence-corrected chi connectivity index (χ2v) is 5.58. The average Bonchev–Trinajstić information content (AvgIpc) is 2.38. The van der Waals surface area contributed by atoms with Gasteiger partial charge in [0.2, 0.25) is 0 Å². The van der Waals surface area contributed by atoms with Gasteiger partial charge >= 0.3 is 0 Å². The molecule has 0 bridgehead atoms. The summed E-state index contributed by atoms with van der Waals surface area (Å²) in [4.78, 5) is 0.